The van der Waals surface area contributed by atoms with E-state index in [4.69, 9.17) is 4.42 Å². The fraction of sp³-hybridized carbons (Fsp3) is 0.353. The van der Waals surface area contributed by atoms with Crippen LogP contribution < -0.4 is 0 Å². The zero-order chi connectivity index (χ0) is 17.9. The van der Waals surface area contributed by atoms with Crippen molar-refractivity contribution in [3.63, 3.8) is 0 Å². The summed E-state index contributed by atoms with van der Waals surface area (Å²) in [5.74, 6) is 0.806. The molecule has 2 aromatic rings. The number of amides is 1. The number of hydrogen-bond donors (Lipinski definition) is 0. The molecule has 0 radical (unpaired) electrons. The van der Waals surface area contributed by atoms with Crippen molar-refractivity contribution in [1.29, 1.82) is 0 Å². The molecule has 1 saturated heterocycles. The highest BCUT2D eigenvalue weighted by Crippen LogP contribution is 2.21. The van der Waals surface area contributed by atoms with Gasteiger partial charge >= 0.3 is 0 Å². The fourth-order valence-electron chi connectivity index (χ4n) is 2.80. The van der Waals surface area contributed by atoms with Gasteiger partial charge in [-0.3, -0.25) is 4.79 Å². The Morgan fingerprint density at radius 3 is 2.52 bits per heavy atom. The number of sulfonamides is 1. The number of halogens is 1. The Balaban J connectivity index is 1.57. The van der Waals surface area contributed by atoms with Crippen LogP contribution in [-0.2, 0) is 21.2 Å². The Labute approximate surface area is 155 Å². The topological polar surface area (TPSA) is 70.8 Å². The van der Waals surface area contributed by atoms with Gasteiger partial charge in [-0.05, 0) is 30.3 Å². The summed E-state index contributed by atoms with van der Waals surface area (Å²) in [6.45, 7) is 1.43. The van der Waals surface area contributed by atoms with Crippen molar-refractivity contribution in [3.8, 4) is 0 Å². The van der Waals surface area contributed by atoms with Crippen molar-refractivity contribution >= 4 is 31.9 Å². The SMILES string of the molecule is O=C(CCc1ccco1)N1CCN(S(=O)(=O)c2cccc(Br)c2)CC1. The minimum Gasteiger partial charge on any atom is -0.469 e. The number of carbonyl (C=O) groups is 1. The Morgan fingerprint density at radius 1 is 1.12 bits per heavy atom. The highest BCUT2D eigenvalue weighted by Gasteiger charge is 2.30. The van der Waals surface area contributed by atoms with Crippen LogP contribution in [0.2, 0.25) is 0 Å². The Morgan fingerprint density at radius 2 is 1.88 bits per heavy atom. The molecule has 1 aromatic carbocycles. The van der Waals surface area contributed by atoms with Gasteiger partial charge in [-0.1, -0.05) is 22.0 Å². The summed E-state index contributed by atoms with van der Waals surface area (Å²) in [5, 5.41) is 0. The van der Waals surface area contributed by atoms with E-state index in [0.717, 1.165) is 10.2 Å². The Hall–Kier alpha value is -1.64. The van der Waals surface area contributed by atoms with E-state index in [1.165, 1.54) is 4.31 Å². The van der Waals surface area contributed by atoms with Gasteiger partial charge in [-0.15, -0.1) is 0 Å². The van der Waals surface area contributed by atoms with Crippen LogP contribution in [0.5, 0.6) is 0 Å². The Bertz CT molecular complexity index is 828. The molecule has 0 saturated carbocycles. The summed E-state index contributed by atoms with van der Waals surface area (Å²) in [4.78, 5) is 14.3. The number of rotatable bonds is 5. The molecule has 2 heterocycles. The summed E-state index contributed by atoms with van der Waals surface area (Å²) < 4.78 is 32.8. The summed E-state index contributed by atoms with van der Waals surface area (Å²) in [6.07, 6.45) is 2.51. The van der Waals surface area contributed by atoms with E-state index in [1.807, 2.05) is 6.07 Å². The van der Waals surface area contributed by atoms with E-state index in [-0.39, 0.29) is 10.8 Å². The molecule has 3 rings (SSSR count). The number of benzene rings is 1. The molecule has 6 nitrogen and oxygen atoms in total. The smallest absolute Gasteiger partial charge is 0.243 e. The average molecular weight is 427 g/mol. The summed E-state index contributed by atoms with van der Waals surface area (Å²) in [6, 6.07) is 10.3. The van der Waals surface area contributed by atoms with Crippen LogP contribution in [0.4, 0.5) is 0 Å². The predicted molar refractivity (Wildman–Crippen MR) is 96.5 cm³/mol. The fourth-order valence-corrected chi connectivity index (χ4v) is 4.82. The van der Waals surface area contributed by atoms with Crippen LogP contribution in [0.3, 0.4) is 0 Å². The molecule has 134 valence electrons. The second-order valence-corrected chi connectivity index (χ2v) is 8.68. The minimum absolute atomic E-state index is 0.0240. The van der Waals surface area contributed by atoms with Crippen LogP contribution in [0.25, 0.3) is 0 Å². The van der Waals surface area contributed by atoms with Crippen molar-refractivity contribution in [2.75, 3.05) is 26.2 Å². The molecule has 1 fully saturated rings. The number of aryl methyl sites for hydroxylation is 1. The zero-order valence-corrected chi connectivity index (χ0v) is 16.0. The van der Waals surface area contributed by atoms with E-state index in [9.17, 15) is 13.2 Å². The molecule has 0 unspecified atom stereocenters. The largest absolute Gasteiger partial charge is 0.469 e. The van der Waals surface area contributed by atoms with Gasteiger partial charge in [0.2, 0.25) is 15.9 Å². The van der Waals surface area contributed by atoms with Gasteiger partial charge in [0.1, 0.15) is 5.76 Å². The molecule has 0 bridgehead atoms. The van der Waals surface area contributed by atoms with Gasteiger partial charge in [-0.25, -0.2) is 8.42 Å². The molecule has 0 N–H and O–H groups in total. The van der Waals surface area contributed by atoms with Crippen molar-refractivity contribution in [2.24, 2.45) is 0 Å². The monoisotopic (exact) mass is 426 g/mol. The maximum absolute atomic E-state index is 12.7. The molecule has 1 amide bonds. The van der Waals surface area contributed by atoms with Crippen LogP contribution in [0.1, 0.15) is 12.2 Å². The van der Waals surface area contributed by atoms with Crippen molar-refractivity contribution in [3.05, 3.63) is 52.9 Å². The van der Waals surface area contributed by atoms with Crippen molar-refractivity contribution < 1.29 is 17.6 Å². The zero-order valence-electron chi connectivity index (χ0n) is 13.6. The van der Waals surface area contributed by atoms with E-state index in [0.29, 0.717) is 39.0 Å². The molecule has 25 heavy (non-hydrogen) atoms. The molecule has 0 spiro atoms. The van der Waals surface area contributed by atoms with Crippen LogP contribution in [0, 0.1) is 0 Å². The first kappa shape index (κ1) is 18.2. The van der Waals surface area contributed by atoms with Gasteiger partial charge in [0.05, 0.1) is 11.2 Å². The summed E-state index contributed by atoms with van der Waals surface area (Å²) in [7, 11) is -3.53. The summed E-state index contributed by atoms with van der Waals surface area (Å²) >= 11 is 3.30. The lowest BCUT2D eigenvalue weighted by atomic mass is 10.2. The molecule has 1 aromatic heterocycles. The highest BCUT2D eigenvalue weighted by atomic mass is 79.9. The van der Waals surface area contributed by atoms with Gasteiger partial charge in [-0.2, -0.15) is 4.31 Å². The van der Waals surface area contributed by atoms with E-state index in [1.54, 1.807) is 41.5 Å². The van der Waals surface area contributed by atoms with Crippen LogP contribution in [0.15, 0.2) is 56.4 Å². The second kappa shape index (κ2) is 7.72. The number of furan rings is 1. The second-order valence-electron chi connectivity index (χ2n) is 5.82. The number of nitrogens with zero attached hydrogens (tertiary/aromatic N) is 2. The standard InChI is InChI=1S/C17H19BrN2O4S/c18-14-3-1-5-16(13-14)25(22,23)20-10-8-19(9-11-20)17(21)7-6-15-4-2-12-24-15/h1-5,12-13H,6-11H2. The lowest BCUT2D eigenvalue weighted by molar-refractivity contribution is -0.132. The summed E-state index contributed by atoms with van der Waals surface area (Å²) in [5.41, 5.74) is 0. The number of hydrogen-bond acceptors (Lipinski definition) is 4. The maximum Gasteiger partial charge on any atom is 0.243 e. The first-order valence-corrected chi connectivity index (χ1v) is 10.3. The lowest BCUT2D eigenvalue weighted by Crippen LogP contribution is -2.50. The number of carbonyl (C=O) groups excluding carboxylic acids is 1. The third-order valence-electron chi connectivity index (χ3n) is 4.19. The quantitative estimate of drug-likeness (QED) is 0.736. The first-order valence-electron chi connectivity index (χ1n) is 8.03. The Kier molecular flexibility index (Phi) is 5.61. The van der Waals surface area contributed by atoms with E-state index < -0.39 is 10.0 Å². The minimum atomic E-state index is -3.53. The van der Waals surface area contributed by atoms with Gasteiger partial charge in [0, 0.05) is 43.5 Å². The molecule has 1 aliphatic rings. The maximum atomic E-state index is 12.7. The van der Waals surface area contributed by atoms with E-state index >= 15 is 0 Å². The number of piperazine rings is 1. The van der Waals surface area contributed by atoms with Crippen LogP contribution in [-0.4, -0.2) is 49.7 Å². The van der Waals surface area contributed by atoms with E-state index in [2.05, 4.69) is 15.9 Å². The van der Waals surface area contributed by atoms with Crippen molar-refractivity contribution in [2.45, 2.75) is 17.7 Å². The molecule has 0 aliphatic carbocycles. The van der Waals surface area contributed by atoms with Gasteiger partial charge in [0.25, 0.3) is 0 Å². The normalized spacial score (nSPS) is 16.1. The first-order chi connectivity index (χ1) is 12.0. The molecular weight excluding hydrogens is 408 g/mol. The third-order valence-corrected chi connectivity index (χ3v) is 6.58. The lowest BCUT2D eigenvalue weighted by Gasteiger charge is -2.34. The highest BCUT2D eigenvalue weighted by molar-refractivity contribution is 9.10. The average Bonchev–Trinajstić information content (AvgIpc) is 3.13. The molecule has 0 atom stereocenters. The van der Waals surface area contributed by atoms with Crippen molar-refractivity contribution in [1.82, 2.24) is 9.21 Å². The third kappa shape index (κ3) is 4.31. The molecule has 1 aliphatic heterocycles. The molecule has 8 heteroatoms. The molecular formula is C17H19BrN2O4S. The predicted octanol–water partition coefficient (Wildman–Crippen LogP) is 2.51. The van der Waals surface area contributed by atoms with Gasteiger partial charge < -0.3 is 9.32 Å². The van der Waals surface area contributed by atoms with Crippen LogP contribution >= 0.6 is 15.9 Å². The van der Waals surface area contributed by atoms with Gasteiger partial charge in [0.15, 0.2) is 0 Å².